The molecule has 2 aromatic heterocycles. The quantitative estimate of drug-likeness (QED) is 0.430. The van der Waals surface area contributed by atoms with E-state index in [1.165, 1.54) is 7.05 Å². The van der Waals surface area contributed by atoms with Crippen molar-refractivity contribution in [2.75, 3.05) is 43.6 Å². The fourth-order valence-corrected chi connectivity index (χ4v) is 4.50. The molecular formula is C26H33ClN6O4. The van der Waals surface area contributed by atoms with Crippen LogP contribution in [0, 0.1) is 0 Å². The Bertz CT molecular complexity index is 1330. The minimum Gasteiger partial charge on any atom is -0.478 e. The first-order valence-electron chi connectivity index (χ1n) is 12.5. The van der Waals surface area contributed by atoms with Crippen molar-refractivity contribution >= 4 is 45.9 Å². The molecule has 37 heavy (non-hydrogen) atoms. The molecule has 10 nitrogen and oxygen atoms in total. The summed E-state index contributed by atoms with van der Waals surface area (Å²) in [4.78, 5) is 36.0. The summed E-state index contributed by atoms with van der Waals surface area (Å²) in [7, 11) is 1.52. The van der Waals surface area contributed by atoms with Gasteiger partial charge in [-0.15, -0.1) is 0 Å². The van der Waals surface area contributed by atoms with Gasteiger partial charge in [-0.25, -0.2) is 4.98 Å². The third-order valence-corrected chi connectivity index (χ3v) is 6.46. The molecule has 0 bridgehead atoms. The first kappa shape index (κ1) is 26.7. The zero-order valence-electron chi connectivity index (χ0n) is 21.6. The van der Waals surface area contributed by atoms with E-state index in [4.69, 9.17) is 26.1 Å². The van der Waals surface area contributed by atoms with E-state index in [-0.39, 0.29) is 36.0 Å². The van der Waals surface area contributed by atoms with E-state index in [1.807, 2.05) is 32.0 Å². The van der Waals surface area contributed by atoms with Crippen molar-refractivity contribution in [2.24, 2.45) is 0 Å². The molecule has 3 aromatic rings. The van der Waals surface area contributed by atoms with Crippen LogP contribution in [0.4, 0.5) is 17.5 Å². The summed E-state index contributed by atoms with van der Waals surface area (Å²) >= 11 is 6.45. The van der Waals surface area contributed by atoms with Gasteiger partial charge in [0.05, 0.1) is 24.4 Å². The Morgan fingerprint density at radius 3 is 2.86 bits per heavy atom. The lowest BCUT2D eigenvalue weighted by Gasteiger charge is -2.33. The maximum absolute atomic E-state index is 13.0. The molecule has 0 saturated carbocycles. The van der Waals surface area contributed by atoms with Crippen LogP contribution in [0.1, 0.15) is 39.7 Å². The lowest BCUT2D eigenvalue weighted by atomic mass is 10.1. The largest absolute Gasteiger partial charge is 0.478 e. The number of amides is 1. The number of carbonyl (C=O) groups excluding carboxylic acids is 1. The van der Waals surface area contributed by atoms with Crippen LogP contribution in [0.2, 0.25) is 5.02 Å². The minimum atomic E-state index is -0.318. The van der Waals surface area contributed by atoms with Crippen molar-refractivity contribution in [3.63, 3.8) is 0 Å². The highest BCUT2D eigenvalue weighted by Gasteiger charge is 2.22. The molecule has 0 aliphatic carbocycles. The summed E-state index contributed by atoms with van der Waals surface area (Å²) in [6.45, 7) is 7.82. The Kier molecular flexibility index (Phi) is 8.50. The maximum Gasteiger partial charge on any atom is 0.293 e. The topological polar surface area (TPSA) is 111 Å². The zero-order valence-corrected chi connectivity index (χ0v) is 22.3. The van der Waals surface area contributed by atoms with Gasteiger partial charge in [-0.2, -0.15) is 4.98 Å². The van der Waals surface area contributed by atoms with Gasteiger partial charge in [-0.1, -0.05) is 24.9 Å². The minimum absolute atomic E-state index is 0.109. The number of benzene rings is 1. The molecule has 198 valence electrons. The Labute approximate surface area is 220 Å². The number of anilines is 3. The number of pyridine rings is 1. The number of carbonyl (C=O) groups is 1. The molecule has 1 aliphatic rings. The second-order valence-electron chi connectivity index (χ2n) is 9.23. The lowest BCUT2D eigenvalue weighted by molar-refractivity contribution is -0.122. The van der Waals surface area contributed by atoms with Crippen LogP contribution in [-0.4, -0.2) is 59.9 Å². The number of fused-ring (bicyclic) bond motifs is 1. The van der Waals surface area contributed by atoms with Crippen LogP contribution >= 0.6 is 11.6 Å². The van der Waals surface area contributed by atoms with Crippen LogP contribution in [0.5, 0.6) is 5.75 Å². The second-order valence-corrected chi connectivity index (χ2v) is 9.64. The van der Waals surface area contributed by atoms with Crippen LogP contribution in [0.25, 0.3) is 10.9 Å². The van der Waals surface area contributed by atoms with Crippen molar-refractivity contribution in [1.29, 1.82) is 0 Å². The number of rotatable bonds is 9. The first-order valence-corrected chi connectivity index (χ1v) is 12.9. The fraction of sp³-hybridized carbons (Fsp3) is 0.462. The Hall–Kier alpha value is -3.37. The molecule has 2 N–H and O–H groups in total. The number of hydrogen-bond donors (Lipinski definition) is 2. The third kappa shape index (κ3) is 6.14. The highest BCUT2D eigenvalue weighted by Crippen LogP contribution is 2.29. The van der Waals surface area contributed by atoms with Gasteiger partial charge in [0.1, 0.15) is 5.02 Å². The van der Waals surface area contributed by atoms with E-state index in [0.29, 0.717) is 29.9 Å². The number of aromatic nitrogens is 3. The number of hydrogen-bond acceptors (Lipinski definition) is 8. The van der Waals surface area contributed by atoms with Gasteiger partial charge >= 0.3 is 0 Å². The number of nitrogens with zero attached hydrogens (tertiary/aromatic N) is 4. The van der Waals surface area contributed by atoms with Crippen LogP contribution in [-0.2, 0) is 9.53 Å². The molecule has 3 heterocycles. The summed E-state index contributed by atoms with van der Waals surface area (Å²) in [6.07, 6.45) is 3.80. The molecule has 1 amide bonds. The van der Waals surface area contributed by atoms with Gasteiger partial charge in [0.25, 0.3) is 11.5 Å². The van der Waals surface area contributed by atoms with Gasteiger partial charge in [0.15, 0.2) is 18.2 Å². The van der Waals surface area contributed by atoms with Crippen molar-refractivity contribution in [3.8, 4) is 5.75 Å². The molecule has 1 saturated heterocycles. The summed E-state index contributed by atoms with van der Waals surface area (Å²) in [6, 6.07) is 7.18. The first-order chi connectivity index (χ1) is 17.8. The van der Waals surface area contributed by atoms with Crippen LogP contribution in [0.3, 0.4) is 0 Å². The van der Waals surface area contributed by atoms with Crippen molar-refractivity contribution in [2.45, 2.75) is 45.8 Å². The van der Waals surface area contributed by atoms with Crippen molar-refractivity contribution in [1.82, 2.24) is 19.9 Å². The predicted molar refractivity (Wildman–Crippen MR) is 145 cm³/mol. The predicted octanol–water partition coefficient (Wildman–Crippen LogP) is 3.90. The molecule has 1 atom stereocenters. The summed E-state index contributed by atoms with van der Waals surface area (Å²) in [5.74, 6) is 0.869. The van der Waals surface area contributed by atoms with Gasteiger partial charge in [-0.05, 0) is 44.5 Å². The van der Waals surface area contributed by atoms with E-state index in [2.05, 4.69) is 27.4 Å². The summed E-state index contributed by atoms with van der Waals surface area (Å²) < 4.78 is 13.0. The Balaban J connectivity index is 1.64. The Morgan fingerprint density at radius 2 is 2.14 bits per heavy atom. The average Bonchev–Trinajstić information content (AvgIpc) is 2.88. The number of halogens is 1. The lowest BCUT2D eigenvalue weighted by Crippen LogP contribution is -2.43. The van der Waals surface area contributed by atoms with Gasteiger partial charge in [0, 0.05) is 37.3 Å². The molecule has 1 fully saturated rings. The van der Waals surface area contributed by atoms with E-state index in [0.717, 1.165) is 36.0 Å². The van der Waals surface area contributed by atoms with E-state index in [1.54, 1.807) is 16.8 Å². The number of likely N-dealkylation sites (N-methyl/N-ethyl adjacent to an activating group) is 1. The van der Waals surface area contributed by atoms with E-state index in [9.17, 15) is 9.59 Å². The van der Waals surface area contributed by atoms with E-state index >= 15 is 0 Å². The highest BCUT2D eigenvalue weighted by atomic mass is 35.5. The SMILES string of the molecule is CCCC1CN(c2ncc(Cl)c(Nc3ccc4c(c3)cc(OCC(=O)NC)c(=O)n4C(C)C)n2)CCO1. The smallest absolute Gasteiger partial charge is 0.293 e. The molecule has 0 spiro atoms. The molecule has 1 aliphatic heterocycles. The van der Waals surface area contributed by atoms with Crippen molar-refractivity contribution < 1.29 is 14.3 Å². The molecular weight excluding hydrogens is 496 g/mol. The number of ether oxygens (including phenoxy) is 2. The number of morpholine rings is 1. The molecule has 1 aromatic carbocycles. The second kappa shape index (κ2) is 11.8. The summed E-state index contributed by atoms with van der Waals surface area (Å²) in [5, 5.41) is 6.94. The average molecular weight is 529 g/mol. The maximum atomic E-state index is 13.0. The third-order valence-electron chi connectivity index (χ3n) is 6.18. The molecule has 1 unspecified atom stereocenters. The highest BCUT2D eigenvalue weighted by molar-refractivity contribution is 6.32. The van der Waals surface area contributed by atoms with Gasteiger partial charge in [-0.3, -0.25) is 9.59 Å². The monoisotopic (exact) mass is 528 g/mol. The van der Waals surface area contributed by atoms with Gasteiger partial charge < -0.3 is 29.6 Å². The fourth-order valence-electron chi connectivity index (χ4n) is 4.36. The zero-order chi connectivity index (χ0) is 26.5. The van der Waals surface area contributed by atoms with Crippen LogP contribution in [0.15, 0.2) is 35.3 Å². The molecule has 0 radical (unpaired) electrons. The molecule has 11 heteroatoms. The summed E-state index contributed by atoms with van der Waals surface area (Å²) in [5.41, 5.74) is 1.20. The van der Waals surface area contributed by atoms with Crippen molar-refractivity contribution in [3.05, 3.63) is 45.8 Å². The number of nitrogens with one attached hydrogen (secondary N) is 2. The van der Waals surface area contributed by atoms with Gasteiger partial charge in [0.2, 0.25) is 5.95 Å². The van der Waals surface area contributed by atoms with E-state index < -0.39 is 0 Å². The normalized spacial score (nSPS) is 15.7. The standard InChI is InChI=1S/C26H33ClN6O4/c1-5-6-19-14-32(9-10-36-19)26-29-13-20(27)24(31-26)30-18-7-8-21-17(11-18)12-22(37-15-23(34)28-4)25(35)33(21)16(2)3/h7-8,11-13,16,19H,5-6,9-10,14-15H2,1-4H3,(H,28,34)(H,29,30,31). The molecule has 4 rings (SSSR count). The Morgan fingerprint density at radius 1 is 1.32 bits per heavy atom. The van der Waals surface area contributed by atoms with Crippen LogP contribution < -0.4 is 25.8 Å².